The number of aliphatic hydroxyl groups excluding tert-OH is 6. The molecule has 16 nitrogen and oxygen atoms in total. The molecule has 46 heavy (non-hydrogen) atoms. The Balaban J connectivity index is 1.25. The van der Waals surface area contributed by atoms with E-state index in [2.05, 4.69) is 25.6 Å². The number of H-pyrrole nitrogens is 1. The molecule has 0 aliphatic carbocycles. The Morgan fingerprint density at radius 2 is 1.33 bits per heavy atom. The molecule has 6 rings (SSSR count). The standard InChI is InChI=1S/C25H26F3N7O9S2/c26-9-1-8(2-10(27)16(9)28)11-3-34(32-30-11)17-19(38)14(5-36)43-23(21(17)40)46-24-22(41)18(20(39)15(6-37)44-24)35-4-12(31-33-35)13-7-45-25(42)29-13/h1-4,7,14-15,17-24,36-41H,5-6H2,(H,29,42)/t14?,15-,17+,18?,19+,20?,21?,22-,23+,24+/m1/s1. The van der Waals surface area contributed by atoms with E-state index >= 15 is 0 Å². The molecule has 10 atom stereocenters. The second kappa shape index (κ2) is 13.1. The Bertz CT molecular complexity index is 1720. The van der Waals surface area contributed by atoms with Gasteiger partial charge in [-0.2, -0.15) is 0 Å². The molecule has 0 amide bonds. The molecule has 0 radical (unpaired) electrons. The van der Waals surface area contributed by atoms with Crippen molar-refractivity contribution < 1.29 is 53.3 Å². The van der Waals surface area contributed by atoms with Crippen molar-refractivity contribution in [3.63, 3.8) is 0 Å². The molecule has 248 valence electrons. The fourth-order valence-electron chi connectivity index (χ4n) is 5.33. The fraction of sp³-hybridized carbons (Fsp3) is 0.480. The van der Waals surface area contributed by atoms with Crippen molar-refractivity contribution in [2.75, 3.05) is 13.2 Å². The first-order valence-electron chi connectivity index (χ1n) is 13.6. The fourth-order valence-corrected chi connectivity index (χ4v) is 7.22. The SMILES string of the molecule is O=c1[nH]c(-c2cn(C3C(O)[C@@H](CO)O[C@@H](S[C@@H]4OC(CO)[C@H](O)[C@H](n5cc(-c6cc(F)c(F)c(F)c6)nn5)C4O)[C@@H]3O)nn2)cs1. The van der Waals surface area contributed by atoms with Crippen LogP contribution in [0, 0.1) is 17.5 Å². The first-order chi connectivity index (χ1) is 22.0. The van der Waals surface area contributed by atoms with Crippen LogP contribution in [0.2, 0.25) is 0 Å². The number of hydrogen-bond donors (Lipinski definition) is 7. The highest BCUT2D eigenvalue weighted by atomic mass is 32.2. The molecule has 1 aromatic carbocycles. The number of nitrogens with one attached hydrogen (secondary N) is 1. The Hall–Kier alpha value is -3.25. The van der Waals surface area contributed by atoms with Gasteiger partial charge in [0.15, 0.2) is 17.5 Å². The maximum Gasteiger partial charge on any atom is 0.304 e. The third-order valence-corrected chi connectivity index (χ3v) is 9.66. The van der Waals surface area contributed by atoms with Crippen LogP contribution in [-0.4, -0.2) is 126 Å². The number of aromatic amines is 1. The minimum Gasteiger partial charge on any atom is -0.394 e. The highest BCUT2D eigenvalue weighted by molar-refractivity contribution is 8.00. The van der Waals surface area contributed by atoms with Crippen LogP contribution >= 0.6 is 23.1 Å². The maximum absolute atomic E-state index is 13.8. The van der Waals surface area contributed by atoms with E-state index in [1.54, 1.807) is 0 Å². The average Bonchev–Trinajstić information content (AvgIpc) is 3.80. The normalized spacial score (nSPS) is 31.8. The van der Waals surface area contributed by atoms with Crippen molar-refractivity contribution in [3.05, 3.63) is 57.0 Å². The van der Waals surface area contributed by atoms with Crippen LogP contribution in [0.4, 0.5) is 13.2 Å². The summed E-state index contributed by atoms with van der Waals surface area (Å²) in [5.41, 5.74) is -2.35. The number of aliphatic hydroxyl groups is 6. The van der Waals surface area contributed by atoms with Gasteiger partial charge >= 0.3 is 4.87 Å². The van der Waals surface area contributed by atoms with Crippen molar-refractivity contribution in [3.8, 4) is 22.6 Å². The third-order valence-electron chi connectivity index (χ3n) is 7.67. The van der Waals surface area contributed by atoms with Crippen molar-refractivity contribution in [2.24, 2.45) is 0 Å². The summed E-state index contributed by atoms with van der Waals surface area (Å²) in [5.74, 6) is -4.61. The number of thioether (sulfide) groups is 1. The van der Waals surface area contributed by atoms with Gasteiger partial charge in [-0.15, -0.1) is 10.2 Å². The predicted octanol–water partition coefficient (Wildman–Crippen LogP) is -1.24. The Kier molecular flexibility index (Phi) is 9.31. The summed E-state index contributed by atoms with van der Waals surface area (Å²) in [5, 5.41) is 81.5. The molecule has 2 aliphatic rings. The number of rotatable bonds is 8. The van der Waals surface area contributed by atoms with E-state index in [1.807, 2.05) is 0 Å². The quantitative estimate of drug-likeness (QED) is 0.107. The van der Waals surface area contributed by atoms with E-state index in [9.17, 15) is 48.6 Å². The van der Waals surface area contributed by atoms with Crippen LogP contribution in [0.5, 0.6) is 0 Å². The largest absolute Gasteiger partial charge is 0.394 e. The Labute approximate surface area is 263 Å². The van der Waals surface area contributed by atoms with Gasteiger partial charge in [-0.25, -0.2) is 22.5 Å². The van der Waals surface area contributed by atoms with Crippen LogP contribution in [0.1, 0.15) is 12.1 Å². The summed E-state index contributed by atoms with van der Waals surface area (Å²) in [4.78, 5) is 13.8. The zero-order chi connectivity index (χ0) is 32.9. The van der Waals surface area contributed by atoms with Crippen LogP contribution in [-0.2, 0) is 9.47 Å². The zero-order valence-corrected chi connectivity index (χ0v) is 24.7. The molecule has 0 spiro atoms. The van der Waals surface area contributed by atoms with Crippen molar-refractivity contribution in [2.45, 2.75) is 59.6 Å². The molecule has 2 aliphatic heterocycles. The van der Waals surface area contributed by atoms with Gasteiger partial charge in [0.2, 0.25) is 0 Å². The van der Waals surface area contributed by atoms with Crippen LogP contribution in [0.3, 0.4) is 0 Å². The number of ether oxygens (including phenoxy) is 2. The smallest absolute Gasteiger partial charge is 0.304 e. The number of nitrogens with zero attached hydrogens (tertiary/aromatic N) is 6. The molecular formula is C25H26F3N7O9S2. The van der Waals surface area contributed by atoms with Gasteiger partial charge in [-0.1, -0.05) is 33.5 Å². The molecule has 0 saturated carbocycles. The molecule has 4 aromatic rings. The van der Waals surface area contributed by atoms with Gasteiger partial charge in [-0.05, 0) is 12.1 Å². The summed E-state index contributed by atoms with van der Waals surface area (Å²) >= 11 is 1.61. The first-order valence-corrected chi connectivity index (χ1v) is 15.4. The zero-order valence-electron chi connectivity index (χ0n) is 23.1. The molecule has 5 heterocycles. The number of benzene rings is 1. The molecule has 4 unspecified atom stereocenters. The van der Waals surface area contributed by atoms with E-state index in [0.29, 0.717) is 29.6 Å². The van der Waals surface area contributed by atoms with Gasteiger partial charge in [0.25, 0.3) is 0 Å². The van der Waals surface area contributed by atoms with Crippen LogP contribution < -0.4 is 4.87 Å². The van der Waals surface area contributed by atoms with Crippen molar-refractivity contribution in [1.82, 2.24) is 35.0 Å². The second-order valence-corrected chi connectivity index (χ2v) is 12.6. The van der Waals surface area contributed by atoms with Crippen molar-refractivity contribution >= 4 is 23.1 Å². The Morgan fingerprint density at radius 1 is 0.826 bits per heavy atom. The molecular weight excluding hydrogens is 663 g/mol. The average molecular weight is 690 g/mol. The third kappa shape index (κ3) is 5.98. The van der Waals surface area contributed by atoms with Gasteiger partial charge in [0.05, 0.1) is 31.3 Å². The number of aromatic nitrogens is 7. The van der Waals surface area contributed by atoms with Crippen molar-refractivity contribution in [1.29, 1.82) is 0 Å². The first kappa shape index (κ1) is 32.7. The van der Waals surface area contributed by atoms with Gasteiger partial charge in [0, 0.05) is 10.9 Å². The predicted molar refractivity (Wildman–Crippen MR) is 150 cm³/mol. The maximum atomic E-state index is 13.8. The lowest BCUT2D eigenvalue weighted by atomic mass is 9.97. The summed E-state index contributed by atoms with van der Waals surface area (Å²) in [7, 11) is 0. The number of thiazole rings is 1. The number of halogens is 3. The minimum atomic E-state index is -1.68. The summed E-state index contributed by atoms with van der Waals surface area (Å²) in [6, 6.07) is -1.21. The Morgan fingerprint density at radius 3 is 1.80 bits per heavy atom. The highest BCUT2D eigenvalue weighted by Crippen LogP contribution is 2.42. The topological polar surface area (TPSA) is 234 Å². The molecule has 0 bridgehead atoms. The summed E-state index contributed by atoms with van der Waals surface area (Å²) in [6.07, 6.45) is -6.30. The van der Waals surface area contributed by atoms with E-state index in [1.165, 1.54) is 11.6 Å². The molecule has 2 saturated heterocycles. The lowest BCUT2D eigenvalue weighted by Gasteiger charge is -2.46. The molecule has 21 heteroatoms. The van der Waals surface area contributed by atoms with E-state index in [-0.39, 0.29) is 21.8 Å². The van der Waals surface area contributed by atoms with Gasteiger partial charge < -0.3 is 45.1 Å². The molecule has 3 aromatic heterocycles. The van der Waals surface area contributed by atoms with E-state index in [0.717, 1.165) is 26.9 Å². The lowest BCUT2D eigenvalue weighted by Crippen LogP contribution is -2.58. The lowest BCUT2D eigenvalue weighted by molar-refractivity contribution is -0.189. The van der Waals surface area contributed by atoms with E-state index < -0.39 is 90.2 Å². The monoisotopic (exact) mass is 689 g/mol. The summed E-state index contributed by atoms with van der Waals surface area (Å²) < 4.78 is 54.7. The highest BCUT2D eigenvalue weighted by Gasteiger charge is 2.51. The van der Waals surface area contributed by atoms with E-state index in [4.69, 9.17) is 9.47 Å². The molecule has 2 fully saturated rings. The summed E-state index contributed by atoms with van der Waals surface area (Å²) in [6.45, 7) is -1.40. The van der Waals surface area contributed by atoms with Crippen LogP contribution in [0.15, 0.2) is 34.7 Å². The van der Waals surface area contributed by atoms with Crippen LogP contribution in [0.25, 0.3) is 22.6 Å². The second-order valence-electron chi connectivity index (χ2n) is 10.5. The molecule has 7 N–H and O–H groups in total. The van der Waals surface area contributed by atoms with Gasteiger partial charge in [-0.3, -0.25) is 4.79 Å². The minimum absolute atomic E-state index is 0.124. The van der Waals surface area contributed by atoms with Gasteiger partial charge in [0.1, 0.15) is 71.0 Å². The number of hydrogen-bond acceptors (Lipinski definition) is 15.